The second-order valence-corrected chi connectivity index (χ2v) is 7.53. The van der Waals surface area contributed by atoms with Gasteiger partial charge in [0.15, 0.2) is 21.9 Å². The van der Waals surface area contributed by atoms with Gasteiger partial charge in [0.2, 0.25) is 0 Å². The number of alkyl halides is 4. The van der Waals surface area contributed by atoms with Crippen molar-refractivity contribution in [3.8, 4) is 11.4 Å². The predicted molar refractivity (Wildman–Crippen MR) is 103 cm³/mol. The molecule has 0 aliphatic rings. The summed E-state index contributed by atoms with van der Waals surface area (Å²) in [5.41, 5.74) is -0.549. The fourth-order valence-corrected chi connectivity index (χ4v) is 2.83. The van der Waals surface area contributed by atoms with Gasteiger partial charge in [0, 0.05) is 10.6 Å². The van der Waals surface area contributed by atoms with Crippen LogP contribution in [0.5, 0.6) is 0 Å². The van der Waals surface area contributed by atoms with Crippen LogP contribution in [-0.2, 0) is 13.1 Å². The first kappa shape index (κ1) is 21.7. The zero-order valence-corrected chi connectivity index (χ0v) is 17.2. The SMILES string of the molecule is O=c1n(Cc2nc(C(O)I)n[nH]2)nc(-c2ccc(Cl)cc2)n1CC(O)C(F)(F)F. The van der Waals surface area contributed by atoms with Crippen LogP contribution < -0.4 is 5.69 Å². The van der Waals surface area contributed by atoms with E-state index in [2.05, 4.69) is 20.3 Å². The number of aromatic amines is 1. The quantitative estimate of drug-likeness (QED) is 0.322. The zero-order chi connectivity index (χ0) is 21.3. The second kappa shape index (κ2) is 8.41. The van der Waals surface area contributed by atoms with Gasteiger partial charge in [-0.25, -0.2) is 14.5 Å². The number of benzene rings is 1. The lowest BCUT2D eigenvalue weighted by Crippen LogP contribution is -2.37. The minimum absolute atomic E-state index is 0.0800. The molecular formula is C15H13ClF3IN6O3. The normalized spacial score (nSPS) is 14.2. The van der Waals surface area contributed by atoms with Crippen LogP contribution in [-0.4, -0.2) is 52.0 Å². The lowest BCUT2D eigenvalue weighted by atomic mass is 10.2. The standard InChI is InChI=1S/C15H13ClF3IN6O3/c16-8-3-1-7(2-4-8)13-24-26(6-10-21-12(11(20)28)23-22-10)14(29)25(13)5-9(27)15(17,18)19/h1-4,9,11,27-28H,5-6H2,(H,21,22,23). The van der Waals surface area contributed by atoms with Crippen molar-refractivity contribution in [1.29, 1.82) is 0 Å². The Morgan fingerprint density at radius 2 is 1.90 bits per heavy atom. The average molecular weight is 545 g/mol. The molecule has 29 heavy (non-hydrogen) atoms. The van der Waals surface area contributed by atoms with Crippen LogP contribution in [0.15, 0.2) is 29.1 Å². The Balaban J connectivity index is 2.02. The van der Waals surface area contributed by atoms with Gasteiger partial charge in [-0.15, -0.1) is 5.10 Å². The molecule has 1 aromatic carbocycles. The highest BCUT2D eigenvalue weighted by Crippen LogP contribution is 2.24. The van der Waals surface area contributed by atoms with E-state index in [4.69, 9.17) is 11.6 Å². The number of hydrogen-bond donors (Lipinski definition) is 3. The summed E-state index contributed by atoms with van der Waals surface area (Å²) < 4.78 is 39.1. The van der Waals surface area contributed by atoms with Crippen LogP contribution in [0, 0.1) is 0 Å². The Morgan fingerprint density at radius 1 is 1.24 bits per heavy atom. The first-order valence-corrected chi connectivity index (χ1v) is 9.60. The number of hydrogen-bond acceptors (Lipinski definition) is 6. The minimum Gasteiger partial charge on any atom is -0.382 e. The maximum Gasteiger partial charge on any atom is 0.416 e. The van der Waals surface area contributed by atoms with Gasteiger partial charge < -0.3 is 10.2 Å². The van der Waals surface area contributed by atoms with E-state index < -0.39 is 28.6 Å². The topological polar surface area (TPSA) is 122 Å². The van der Waals surface area contributed by atoms with Crippen LogP contribution in [0.1, 0.15) is 15.8 Å². The van der Waals surface area contributed by atoms with E-state index in [1.165, 1.54) is 24.3 Å². The van der Waals surface area contributed by atoms with Crippen molar-refractivity contribution < 1.29 is 23.4 Å². The maximum atomic E-state index is 12.8. The van der Waals surface area contributed by atoms with Crippen LogP contribution in [0.4, 0.5) is 13.2 Å². The number of aromatic nitrogens is 6. The van der Waals surface area contributed by atoms with Crippen molar-refractivity contribution in [1.82, 2.24) is 29.5 Å². The Kier molecular flexibility index (Phi) is 6.30. The molecule has 2 heterocycles. The Morgan fingerprint density at radius 3 is 2.45 bits per heavy atom. The molecule has 0 amide bonds. The number of nitrogens with one attached hydrogen (secondary N) is 1. The molecule has 156 valence electrons. The number of halogens is 5. The Labute approximate surface area is 179 Å². The third-order valence-corrected chi connectivity index (χ3v) is 4.63. The van der Waals surface area contributed by atoms with Gasteiger partial charge in [0.1, 0.15) is 12.4 Å². The third kappa shape index (κ3) is 4.96. The van der Waals surface area contributed by atoms with Crippen molar-refractivity contribution >= 4 is 34.2 Å². The summed E-state index contributed by atoms with van der Waals surface area (Å²) in [5.74, 6) is 0.170. The van der Waals surface area contributed by atoms with Gasteiger partial charge in [0.05, 0.1) is 6.54 Å². The fraction of sp³-hybridized carbons (Fsp3) is 0.333. The number of nitrogens with zero attached hydrogens (tertiary/aromatic N) is 5. The van der Waals surface area contributed by atoms with Crippen LogP contribution in [0.25, 0.3) is 11.4 Å². The van der Waals surface area contributed by atoms with Crippen LogP contribution >= 0.6 is 34.2 Å². The molecule has 0 saturated carbocycles. The van der Waals surface area contributed by atoms with E-state index in [9.17, 15) is 28.2 Å². The van der Waals surface area contributed by atoms with Crippen LogP contribution in [0.3, 0.4) is 0 Å². The lowest BCUT2D eigenvalue weighted by Gasteiger charge is -2.15. The van der Waals surface area contributed by atoms with Crippen molar-refractivity contribution in [2.24, 2.45) is 0 Å². The van der Waals surface area contributed by atoms with Gasteiger partial charge in [-0.2, -0.15) is 18.3 Å². The van der Waals surface area contributed by atoms with E-state index >= 15 is 0 Å². The second-order valence-electron chi connectivity index (χ2n) is 5.91. The molecule has 0 bridgehead atoms. The zero-order valence-electron chi connectivity index (χ0n) is 14.3. The molecule has 2 unspecified atom stereocenters. The largest absolute Gasteiger partial charge is 0.416 e. The highest BCUT2D eigenvalue weighted by Gasteiger charge is 2.39. The minimum atomic E-state index is -4.91. The van der Waals surface area contributed by atoms with Crippen molar-refractivity contribution in [3.63, 3.8) is 0 Å². The van der Waals surface area contributed by atoms with Gasteiger partial charge >= 0.3 is 11.9 Å². The molecule has 0 aliphatic carbocycles. The van der Waals surface area contributed by atoms with E-state index in [0.29, 0.717) is 10.6 Å². The van der Waals surface area contributed by atoms with Gasteiger partial charge in [-0.05, 0) is 46.9 Å². The monoisotopic (exact) mass is 544 g/mol. The lowest BCUT2D eigenvalue weighted by molar-refractivity contribution is -0.207. The van der Waals surface area contributed by atoms with Crippen molar-refractivity contribution in [2.75, 3.05) is 0 Å². The predicted octanol–water partition coefficient (Wildman–Crippen LogP) is 1.88. The summed E-state index contributed by atoms with van der Waals surface area (Å²) >= 11 is 7.51. The highest BCUT2D eigenvalue weighted by atomic mass is 127. The molecule has 0 aliphatic heterocycles. The van der Waals surface area contributed by atoms with Gasteiger partial charge in [-0.3, -0.25) is 9.67 Å². The number of aliphatic hydroxyl groups is 2. The first-order chi connectivity index (χ1) is 13.6. The molecule has 3 rings (SSSR count). The van der Waals surface area contributed by atoms with Gasteiger partial charge in [-0.1, -0.05) is 11.6 Å². The van der Waals surface area contributed by atoms with Crippen molar-refractivity contribution in [3.05, 3.63) is 51.4 Å². The summed E-state index contributed by atoms with van der Waals surface area (Å²) in [6.45, 7) is -1.26. The van der Waals surface area contributed by atoms with E-state index in [-0.39, 0.29) is 24.0 Å². The summed E-state index contributed by atoms with van der Waals surface area (Å²) in [5, 5.41) is 29.7. The number of aliphatic hydroxyl groups excluding tert-OH is 2. The molecule has 9 nitrogen and oxygen atoms in total. The van der Waals surface area contributed by atoms with E-state index in [0.717, 1.165) is 9.25 Å². The van der Waals surface area contributed by atoms with E-state index in [1.807, 2.05) is 0 Å². The van der Waals surface area contributed by atoms with Crippen molar-refractivity contribution in [2.45, 2.75) is 29.5 Å². The summed E-state index contributed by atoms with van der Waals surface area (Å²) in [4.78, 5) is 16.7. The highest BCUT2D eigenvalue weighted by molar-refractivity contribution is 14.1. The smallest absolute Gasteiger partial charge is 0.382 e. The molecule has 2 atom stereocenters. The molecule has 2 aromatic heterocycles. The third-order valence-electron chi connectivity index (χ3n) is 3.82. The van der Waals surface area contributed by atoms with E-state index in [1.54, 1.807) is 22.6 Å². The molecular weight excluding hydrogens is 532 g/mol. The van der Waals surface area contributed by atoms with Crippen LogP contribution in [0.2, 0.25) is 5.02 Å². The maximum absolute atomic E-state index is 12.8. The Hall–Kier alpha value is -1.97. The Bertz CT molecular complexity index is 1050. The summed E-state index contributed by atoms with van der Waals surface area (Å²) in [6, 6.07) is 5.97. The summed E-state index contributed by atoms with van der Waals surface area (Å²) in [7, 11) is 0. The fourth-order valence-electron chi connectivity index (χ4n) is 2.43. The number of H-pyrrole nitrogens is 1. The van der Waals surface area contributed by atoms with Gasteiger partial charge in [0.25, 0.3) is 0 Å². The molecule has 3 aromatic rings. The average Bonchev–Trinajstić information content (AvgIpc) is 3.22. The molecule has 0 saturated heterocycles. The molecule has 14 heteroatoms. The first-order valence-electron chi connectivity index (χ1n) is 7.98. The molecule has 0 radical (unpaired) electrons. The number of rotatable bonds is 6. The summed E-state index contributed by atoms with van der Waals surface area (Å²) in [6.07, 6.45) is -7.66. The molecule has 3 N–H and O–H groups in total. The molecule has 0 spiro atoms. The molecule has 0 fully saturated rings.